The Hall–Kier alpha value is -0.480. The van der Waals surface area contributed by atoms with Gasteiger partial charge in [-0.25, -0.2) is 0 Å². The van der Waals surface area contributed by atoms with E-state index in [9.17, 15) is 0 Å². The second kappa shape index (κ2) is 2.29. The molecule has 0 saturated heterocycles. The van der Waals surface area contributed by atoms with Crippen molar-refractivity contribution in [1.82, 2.24) is 0 Å². The first kappa shape index (κ1) is 7.63. The van der Waals surface area contributed by atoms with Gasteiger partial charge in [-0.1, -0.05) is 12.2 Å². The van der Waals surface area contributed by atoms with Gasteiger partial charge in [0.15, 0.2) is 0 Å². The van der Waals surface area contributed by atoms with Crippen LogP contribution in [0, 0.1) is 22.7 Å². The van der Waals surface area contributed by atoms with Gasteiger partial charge in [0, 0.05) is 11.8 Å². The van der Waals surface area contributed by atoms with Crippen molar-refractivity contribution in [2.45, 2.75) is 13.3 Å². The van der Waals surface area contributed by atoms with Crippen molar-refractivity contribution in [3.63, 3.8) is 0 Å². The van der Waals surface area contributed by atoms with Gasteiger partial charge in [-0.3, -0.25) is 0 Å². The van der Waals surface area contributed by atoms with Gasteiger partial charge in [-0.05, 0) is 13.3 Å². The number of halogens is 1. The van der Waals surface area contributed by atoms with E-state index in [1.165, 1.54) is 0 Å². The largest absolute Gasteiger partial charge is 0.198 e. The Labute approximate surface area is 66.3 Å². The average molecular weight is 156 g/mol. The van der Waals surface area contributed by atoms with Gasteiger partial charge >= 0.3 is 0 Å². The maximum atomic E-state index is 8.70. The topological polar surface area (TPSA) is 23.8 Å². The fraction of sp³-hybridized carbons (Fsp3) is 0.625. The van der Waals surface area contributed by atoms with Gasteiger partial charge < -0.3 is 0 Å². The molecule has 0 aliphatic heterocycles. The van der Waals surface area contributed by atoms with Crippen LogP contribution in [0.1, 0.15) is 13.3 Å². The van der Waals surface area contributed by atoms with Crippen molar-refractivity contribution >= 4 is 11.6 Å². The molecule has 0 bridgehead atoms. The molecule has 1 aliphatic carbocycles. The van der Waals surface area contributed by atoms with Crippen LogP contribution in [0.25, 0.3) is 0 Å². The van der Waals surface area contributed by atoms with Gasteiger partial charge in [-0.15, -0.1) is 11.6 Å². The number of hydrogen-bond acceptors (Lipinski definition) is 1. The van der Waals surface area contributed by atoms with Crippen molar-refractivity contribution in [3.8, 4) is 6.07 Å². The third kappa shape index (κ3) is 0.932. The quantitative estimate of drug-likeness (QED) is 0.444. The Kier molecular flexibility index (Phi) is 1.74. The molecule has 2 atom stereocenters. The van der Waals surface area contributed by atoms with E-state index in [4.69, 9.17) is 16.9 Å². The van der Waals surface area contributed by atoms with Crippen molar-refractivity contribution in [2.24, 2.45) is 11.3 Å². The van der Waals surface area contributed by atoms with Crippen molar-refractivity contribution in [3.05, 3.63) is 12.2 Å². The molecule has 0 heterocycles. The Morgan fingerprint density at radius 3 is 2.70 bits per heavy atom. The zero-order chi connectivity index (χ0) is 7.78. The van der Waals surface area contributed by atoms with E-state index in [1.807, 2.05) is 6.92 Å². The molecule has 1 rings (SSSR count). The Morgan fingerprint density at radius 1 is 2.00 bits per heavy atom. The maximum Gasteiger partial charge on any atom is 0.0780 e. The minimum Gasteiger partial charge on any atom is -0.198 e. The second-order valence-corrected chi connectivity index (χ2v) is 3.27. The van der Waals surface area contributed by atoms with E-state index in [-0.39, 0.29) is 5.41 Å². The van der Waals surface area contributed by atoms with E-state index in [0.717, 1.165) is 12.0 Å². The third-order valence-corrected chi connectivity index (χ3v) is 2.61. The van der Waals surface area contributed by atoms with Crippen LogP contribution in [0.2, 0.25) is 0 Å². The summed E-state index contributed by atoms with van der Waals surface area (Å²) in [5.41, 5.74) is 0.829. The summed E-state index contributed by atoms with van der Waals surface area (Å²) in [4.78, 5) is 0. The van der Waals surface area contributed by atoms with Crippen LogP contribution in [-0.2, 0) is 0 Å². The van der Waals surface area contributed by atoms with Gasteiger partial charge in [0.25, 0.3) is 0 Å². The highest BCUT2D eigenvalue weighted by Crippen LogP contribution is 2.56. The van der Waals surface area contributed by atoms with Gasteiger partial charge in [-0.2, -0.15) is 5.26 Å². The SMILES string of the molecule is C=C(C)[C@@H]1C[C@@]1(C#N)CCl. The predicted molar refractivity (Wildman–Crippen MR) is 41.7 cm³/mol. The van der Waals surface area contributed by atoms with E-state index in [1.54, 1.807) is 0 Å². The lowest BCUT2D eigenvalue weighted by Crippen LogP contribution is -2.02. The van der Waals surface area contributed by atoms with Crippen LogP contribution in [-0.4, -0.2) is 5.88 Å². The summed E-state index contributed by atoms with van der Waals surface area (Å²) in [6.45, 7) is 5.75. The Morgan fingerprint density at radius 2 is 2.60 bits per heavy atom. The van der Waals surface area contributed by atoms with Crippen molar-refractivity contribution in [2.75, 3.05) is 5.88 Å². The lowest BCUT2D eigenvalue weighted by Gasteiger charge is -2.00. The van der Waals surface area contributed by atoms with Crippen molar-refractivity contribution in [1.29, 1.82) is 5.26 Å². The molecule has 2 heteroatoms. The van der Waals surface area contributed by atoms with E-state index >= 15 is 0 Å². The zero-order valence-electron chi connectivity index (χ0n) is 6.02. The summed E-state index contributed by atoms with van der Waals surface area (Å²) < 4.78 is 0. The summed E-state index contributed by atoms with van der Waals surface area (Å²) in [7, 11) is 0. The van der Waals surface area contributed by atoms with Crippen LogP contribution >= 0.6 is 11.6 Å². The minimum atomic E-state index is -0.257. The molecule has 0 aromatic rings. The first-order chi connectivity index (χ1) is 4.66. The number of hydrogen-bond donors (Lipinski definition) is 0. The molecule has 0 aromatic carbocycles. The molecule has 0 amide bonds. The molecule has 1 fully saturated rings. The zero-order valence-corrected chi connectivity index (χ0v) is 6.78. The molecule has 0 unspecified atom stereocenters. The molecule has 0 spiro atoms. The van der Waals surface area contributed by atoms with Gasteiger partial charge in [0.2, 0.25) is 0 Å². The standard InChI is InChI=1S/C8H10ClN/c1-6(2)7-3-8(7,4-9)5-10/h7H,1,3-4H2,2H3/t7-,8-/m0/s1. The fourth-order valence-electron chi connectivity index (χ4n) is 1.25. The predicted octanol–water partition coefficient (Wildman–Crippen LogP) is 2.33. The molecule has 54 valence electrons. The number of rotatable bonds is 2. The van der Waals surface area contributed by atoms with Crippen LogP contribution < -0.4 is 0 Å². The average Bonchev–Trinajstić information content (AvgIpc) is 2.63. The number of alkyl halides is 1. The van der Waals surface area contributed by atoms with E-state index in [2.05, 4.69) is 12.6 Å². The summed E-state index contributed by atoms with van der Waals surface area (Å²) in [5.74, 6) is 0.802. The molecule has 0 aromatic heterocycles. The van der Waals surface area contributed by atoms with Crippen LogP contribution in [0.15, 0.2) is 12.2 Å². The molecule has 1 aliphatic rings. The molecule has 1 saturated carbocycles. The molecule has 10 heavy (non-hydrogen) atoms. The first-order valence-corrected chi connectivity index (χ1v) is 3.82. The van der Waals surface area contributed by atoms with Crippen LogP contribution in [0.4, 0.5) is 0 Å². The fourth-order valence-corrected chi connectivity index (χ4v) is 1.61. The minimum absolute atomic E-state index is 0.257. The molecule has 1 nitrogen and oxygen atoms in total. The maximum absolute atomic E-state index is 8.70. The monoisotopic (exact) mass is 155 g/mol. The third-order valence-electron chi connectivity index (χ3n) is 2.13. The molecule has 0 N–H and O–H groups in total. The normalized spacial score (nSPS) is 36.7. The summed E-state index contributed by atoms with van der Waals surface area (Å²) in [6.07, 6.45) is 0.905. The summed E-state index contributed by atoms with van der Waals surface area (Å²) >= 11 is 5.63. The first-order valence-electron chi connectivity index (χ1n) is 3.29. The number of nitrogens with zero attached hydrogens (tertiary/aromatic N) is 1. The van der Waals surface area contributed by atoms with Gasteiger partial charge in [0.05, 0.1) is 11.5 Å². The molecular weight excluding hydrogens is 146 g/mol. The molecule has 0 radical (unpaired) electrons. The highest BCUT2D eigenvalue weighted by molar-refractivity contribution is 6.18. The lowest BCUT2D eigenvalue weighted by atomic mass is 10.1. The number of nitriles is 1. The van der Waals surface area contributed by atoms with E-state index < -0.39 is 0 Å². The van der Waals surface area contributed by atoms with Gasteiger partial charge in [0.1, 0.15) is 0 Å². The summed E-state index contributed by atoms with van der Waals surface area (Å²) in [5, 5.41) is 8.70. The summed E-state index contributed by atoms with van der Waals surface area (Å²) in [6, 6.07) is 2.24. The van der Waals surface area contributed by atoms with E-state index in [0.29, 0.717) is 11.8 Å². The van der Waals surface area contributed by atoms with Crippen molar-refractivity contribution < 1.29 is 0 Å². The highest BCUT2D eigenvalue weighted by atomic mass is 35.5. The lowest BCUT2D eigenvalue weighted by molar-refractivity contribution is 0.704. The molecular formula is C8H10ClN. The Balaban J connectivity index is 2.64. The smallest absolute Gasteiger partial charge is 0.0780 e. The van der Waals surface area contributed by atoms with Crippen LogP contribution in [0.3, 0.4) is 0 Å². The van der Waals surface area contributed by atoms with Crippen LogP contribution in [0.5, 0.6) is 0 Å². The Bertz CT molecular complexity index is 204. The second-order valence-electron chi connectivity index (χ2n) is 3.00. The highest BCUT2D eigenvalue weighted by Gasteiger charge is 2.54. The number of allylic oxidation sites excluding steroid dienone is 1.